The van der Waals surface area contributed by atoms with E-state index >= 15 is 0 Å². The first kappa shape index (κ1) is 10.5. The van der Waals surface area contributed by atoms with Crippen LogP contribution in [0.4, 0.5) is 0 Å². The van der Waals surface area contributed by atoms with Gasteiger partial charge in [-0.15, -0.1) is 0 Å². The van der Waals surface area contributed by atoms with Crippen molar-refractivity contribution >= 4 is 0 Å². The molecule has 1 aromatic heterocycles. The molecule has 88 valence electrons. The third kappa shape index (κ3) is 2.08. The van der Waals surface area contributed by atoms with E-state index in [1.165, 1.54) is 0 Å². The Morgan fingerprint density at radius 1 is 1.29 bits per heavy atom. The molecule has 1 aliphatic heterocycles. The van der Waals surface area contributed by atoms with E-state index in [2.05, 4.69) is 27.5 Å². The van der Waals surface area contributed by atoms with Crippen LogP contribution in [0, 0.1) is 5.92 Å². The number of aromatic nitrogens is 3. The molecule has 0 atom stereocenters. The average Bonchev–Trinajstić information content (AvgIpc) is 2.66. The molecule has 1 N–H and O–H groups in total. The first-order valence-electron chi connectivity index (χ1n) is 5.99. The third-order valence-electron chi connectivity index (χ3n) is 3.18. The zero-order chi connectivity index (χ0) is 11.7. The molecule has 2 aromatic rings. The summed E-state index contributed by atoms with van der Waals surface area (Å²) in [5.74, 6) is 2.62. The molecule has 0 radical (unpaired) electrons. The van der Waals surface area contributed by atoms with E-state index in [1.54, 1.807) is 0 Å². The van der Waals surface area contributed by atoms with Gasteiger partial charge in [-0.2, -0.15) is 5.10 Å². The van der Waals surface area contributed by atoms with Crippen LogP contribution >= 0.6 is 0 Å². The summed E-state index contributed by atoms with van der Waals surface area (Å²) in [4.78, 5) is 4.63. The predicted molar refractivity (Wildman–Crippen MR) is 66.5 cm³/mol. The molecule has 1 aromatic carbocycles. The second-order valence-electron chi connectivity index (χ2n) is 4.57. The molecule has 1 fully saturated rings. The lowest BCUT2D eigenvalue weighted by atomic mass is 9.99. The third-order valence-corrected chi connectivity index (χ3v) is 3.18. The van der Waals surface area contributed by atoms with E-state index in [1.807, 2.05) is 29.9 Å². The van der Waals surface area contributed by atoms with Crippen molar-refractivity contribution in [2.45, 2.75) is 6.42 Å². The first-order chi connectivity index (χ1) is 8.33. The Hall–Kier alpha value is -1.68. The Morgan fingerprint density at radius 3 is 2.71 bits per heavy atom. The highest BCUT2D eigenvalue weighted by molar-refractivity contribution is 5.54. The average molecular weight is 228 g/mol. The Balaban J connectivity index is 1.85. The van der Waals surface area contributed by atoms with Gasteiger partial charge in [-0.05, 0) is 19.0 Å². The van der Waals surface area contributed by atoms with Gasteiger partial charge in [0, 0.05) is 19.0 Å². The number of nitrogens with zero attached hydrogens (tertiary/aromatic N) is 3. The molecule has 4 heteroatoms. The van der Waals surface area contributed by atoms with Crippen LogP contribution in [0.3, 0.4) is 0 Å². The summed E-state index contributed by atoms with van der Waals surface area (Å²) in [5.41, 5.74) is 1.13. The van der Waals surface area contributed by atoms with Crippen molar-refractivity contribution in [1.29, 1.82) is 0 Å². The second kappa shape index (κ2) is 4.30. The van der Waals surface area contributed by atoms with Crippen molar-refractivity contribution in [2.24, 2.45) is 13.0 Å². The predicted octanol–water partition coefficient (Wildman–Crippen LogP) is 1.24. The number of aryl methyl sites for hydroxylation is 1. The zero-order valence-electron chi connectivity index (χ0n) is 9.93. The van der Waals surface area contributed by atoms with Gasteiger partial charge in [0.2, 0.25) is 0 Å². The van der Waals surface area contributed by atoms with E-state index in [4.69, 9.17) is 0 Å². The molecule has 0 spiro atoms. The zero-order valence-corrected chi connectivity index (χ0v) is 9.93. The molecule has 0 aliphatic carbocycles. The van der Waals surface area contributed by atoms with Gasteiger partial charge in [0.05, 0.1) is 0 Å². The first-order valence-corrected chi connectivity index (χ1v) is 5.99. The molecular formula is C13H16N4. The lowest BCUT2D eigenvalue weighted by Gasteiger charge is -2.25. The Kier molecular flexibility index (Phi) is 2.65. The van der Waals surface area contributed by atoms with Crippen LogP contribution in [-0.4, -0.2) is 27.9 Å². The van der Waals surface area contributed by atoms with Gasteiger partial charge in [0.1, 0.15) is 0 Å². The normalized spacial score (nSPS) is 15.8. The SMILES string of the molecule is Cn1nc(CC2CNC2)nc1-c1ccccc1. The summed E-state index contributed by atoms with van der Waals surface area (Å²) in [7, 11) is 1.96. The standard InChI is InChI=1S/C13H16N4/c1-17-13(11-5-3-2-4-6-11)15-12(16-17)7-10-8-14-9-10/h2-6,10,14H,7-9H2,1H3. The van der Waals surface area contributed by atoms with Crippen molar-refractivity contribution in [3.63, 3.8) is 0 Å². The number of hydrogen-bond acceptors (Lipinski definition) is 3. The quantitative estimate of drug-likeness (QED) is 0.859. The summed E-state index contributed by atoms with van der Waals surface area (Å²) in [6, 6.07) is 10.2. The molecular weight excluding hydrogens is 212 g/mol. The minimum absolute atomic E-state index is 0.709. The molecule has 4 nitrogen and oxygen atoms in total. The van der Waals surface area contributed by atoms with Crippen molar-refractivity contribution in [3.8, 4) is 11.4 Å². The Morgan fingerprint density at radius 2 is 2.06 bits per heavy atom. The molecule has 17 heavy (non-hydrogen) atoms. The number of rotatable bonds is 3. The highest BCUT2D eigenvalue weighted by atomic mass is 15.3. The van der Waals surface area contributed by atoms with Crippen molar-refractivity contribution in [3.05, 3.63) is 36.2 Å². The molecule has 0 unspecified atom stereocenters. The van der Waals surface area contributed by atoms with E-state index in [9.17, 15) is 0 Å². The van der Waals surface area contributed by atoms with Crippen LogP contribution in [0.5, 0.6) is 0 Å². The molecule has 0 saturated carbocycles. The van der Waals surface area contributed by atoms with Crippen LogP contribution in [-0.2, 0) is 13.5 Å². The maximum Gasteiger partial charge on any atom is 0.158 e. The fraction of sp³-hybridized carbons (Fsp3) is 0.385. The smallest absolute Gasteiger partial charge is 0.158 e. The van der Waals surface area contributed by atoms with Crippen LogP contribution in [0.2, 0.25) is 0 Å². The van der Waals surface area contributed by atoms with E-state index in [0.717, 1.165) is 36.7 Å². The van der Waals surface area contributed by atoms with Gasteiger partial charge in [0.25, 0.3) is 0 Å². The van der Waals surface area contributed by atoms with Crippen molar-refractivity contribution in [2.75, 3.05) is 13.1 Å². The summed E-state index contributed by atoms with van der Waals surface area (Å²) >= 11 is 0. The van der Waals surface area contributed by atoms with Crippen LogP contribution in [0.15, 0.2) is 30.3 Å². The maximum atomic E-state index is 4.63. The van der Waals surface area contributed by atoms with Gasteiger partial charge >= 0.3 is 0 Å². The van der Waals surface area contributed by atoms with Crippen LogP contribution < -0.4 is 5.32 Å². The lowest BCUT2D eigenvalue weighted by Crippen LogP contribution is -2.43. The van der Waals surface area contributed by atoms with Crippen LogP contribution in [0.25, 0.3) is 11.4 Å². The van der Waals surface area contributed by atoms with Gasteiger partial charge in [0.15, 0.2) is 11.6 Å². The minimum Gasteiger partial charge on any atom is -0.316 e. The molecule has 0 amide bonds. The van der Waals surface area contributed by atoms with Gasteiger partial charge in [-0.25, -0.2) is 9.67 Å². The Bertz CT molecular complexity index is 499. The second-order valence-corrected chi connectivity index (χ2v) is 4.57. The summed E-state index contributed by atoms with van der Waals surface area (Å²) < 4.78 is 1.87. The van der Waals surface area contributed by atoms with E-state index in [0.29, 0.717) is 5.92 Å². The molecule has 0 bridgehead atoms. The van der Waals surface area contributed by atoms with Crippen molar-refractivity contribution < 1.29 is 0 Å². The number of benzene rings is 1. The van der Waals surface area contributed by atoms with Crippen LogP contribution in [0.1, 0.15) is 5.82 Å². The lowest BCUT2D eigenvalue weighted by molar-refractivity contribution is 0.341. The van der Waals surface area contributed by atoms with E-state index < -0.39 is 0 Å². The van der Waals surface area contributed by atoms with Crippen molar-refractivity contribution in [1.82, 2.24) is 20.1 Å². The van der Waals surface area contributed by atoms with Gasteiger partial charge in [-0.3, -0.25) is 0 Å². The largest absolute Gasteiger partial charge is 0.316 e. The molecule has 2 heterocycles. The summed E-state index contributed by atoms with van der Waals surface area (Å²) in [5, 5.41) is 7.76. The number of hydrogen-bond donors (Lipinski definition) is 1. The fourth-order valence-corrected chi connectivity index (χ4v) is 2.11. The Labute approximate surface area is 101 Å². The molecule has 1 saturated heterocycles. The summed E-state index contributed by atoms with van der Waals surface area (Å²) in [6.45, 7) is 2.19. The number of nitrogens with one attached hydrogen (secondary N) is 1. The monoisotopic (exact) mass is 228 g/mol. The molecule has 3 rings (SSSR count). The van der Waals surface area contributed by atoms with E-state index in [-0.39, 0.29) is 0 Å². The summed E-state index contributed by atoms with van der Waals surface area (Å²) in [6.07, 6.45) is 0.980. The topological polar surface area (TPSA) is 42.7 Å². The highest BCUT2D eigenvalue weighted by Gasteiger charge is 2.20. The fourth-order valence-electron chi connectivity index (χ4n) is 2.11. The van der Waals surface area contributed by atoms with Gasteiger partial charge < -0.3 is 5.32 Å². The highest BCUT2D eigenvalue weighted by Crippen LogP contribution is 2.17. The molecule has 1 aliphatic rings. The minimum atomic E-state index is 0.709. The van der Waals surface area contributed by atoms with Gasteiger partial charge in [-0.1, -0.05) is 30.3 Å². The maximum absolute atomic E-state index is 4.63.